The monoisotopic (exact) mass is 506 g/mol. The third kappa shape index (κ3) is 5.10. The van der Waals surface area contributed by atoms with Crippen molar-refractivity contribution in [1.29, 1.82) is 0 Å². The van der Waals surface area contributed by atoms with Gasteiger partial charge in [0.2, 0.25) is 0 Å². The predicted molar refractivity (Wildman–Crippen MR) is 139 cm³/mol. The molecule has 3 aromatic rings. The first-order chi connectivity index (χ1) is 17.9. The second-order valence-electron chi connectivity index (χ2n) is 9.81. The Labute approximate surface area is 216 Å². The highest BCUT2D eigenvalue weighted by Gasteiger charge is 2.44. The molecule has 5 atom stereocenters. The molecule has 3 aromatic carbocycles. The zero-order chi connectivity index (χ0) is 26.1. The first-order valence-corrected chi connectivity index (χ1v) is 12.8. The van der Waals surface area contributed by atoms with Gasteiger partial charge in [0.05, 0.1) is 6.61 Å². The highest BCUT2D eigenvalue weighted by Crippen LogP contribution is 2.40. The lowest BCUT2D eigenvalue weighted by Gasteiger charge is -2.40. The summed E-state index contributed by atoms with van der Waals surface area (Å²) < 4.78 is 17.4. The summed E-state index contributed by atoms with van der Waals surface area (Å²) in [6.45, 7) is 4.72. The van der Waals surface area contributed by atoms with E-state index in [9.17, 15) is 20.4 Å². The average molecular weight is 507 g/mol. The number of fused-ring (bicyclic) bond motifs is 1. The second kappa shape index (κ2) is 10.8. The first-order valence-electron chi connectivity index (χ1n) is 12.8. The summed E-state index contributed by atoms with van der Waals surface area (Å²) >= 11 is 0. The molecule has 37 heavy (non-hydrogen) atoms. The first kappa shape index (κ1) is 25.7. The molecule has 0 radical (unpaired) electrons. The van der Waals surface area contributed by atoms with E-state index in [4.69, 9.17) is 14.2 Å². The Bertz CT molecular complexity index is 1240. The highest BCUT2D eigenvalue weighted by atomic mass is 16.6. The molecule has 0 unspecified atom stereocenters. The predicted octanol–water partition coefficient (Wildman–Crippen LogP) is 3.10. The maximum Gasteiger partial charge on any atom is 0.161 e. The van der Waals surface area contributed by atoms with Crippen LogP contribution < -0.4 is 9.47 Å². The van der Waals surface area contributed by atoms with Crippen molar-refractivity contribution in [1.82, 2.24) is 0 Å². The van der Waals surface area contributed by atoms with E-state index < -0.39 is 37.1 Å². The Morgan fingerprint density at radius 3 is 2.22 bits per heavy atom. The molecule has 2 heterocycles. The Morgan fingerprint density at radius 1 is 0.811 bits per heavy atom. The van der Waals surface area contributed by atoms with Crippen molar-refractivity contribution in [3.63, 3.8) is 0 Å². The van der Waals surface area contributed by atoms with E-state index in [-0.39, 0.29) is 0 Å². The van der Waals surface area contributed by atoms with Crippen LogP contribution in [0, 0.1) is 6.92 Å². The van der Waals surface area contributed by atoms with Gasteiger partial charge in [-0.3, -0.25) is 0 Å². The summed E-state index contributed by atoms with van der Waals surface area (Å²) in [5, 5.41) is 41.3. The van der Waals surface area contributed by atoms with Gasteiger partial charge < -0.3 is 34.6 Å². The van der Waals surface area contributed by atoms with E-state index in [0.29, 0.717) is 36.7 Å². The van der Waals surface area contributed by atoms with Crippen molar-refractivity contribution >= 4 is 0 Å². The van der Waals surface area contributed by atoms with Crippen molar-refractivity contribution in [2.75, 3.05) is 19.8 Å². The minimum Gasteiger partial charge on any atom is -0.486 e. The van der Waals surface area contributed by atoms with Crippen molar-refractivity contribution < 1.29 is 34.6 Å². The van der Waals surface area contributed by atoms with Crippen molar-refractivity contribution in [3.05, 3.63) is 82.4 Å². The standard InChI is InChI=1S/C30H34O7/c1-3-18-4-6-19(7-5-18)12-21-13-22(30-29(34)28(33)27(32)26(16-31)37-30)14-23(17(21)2)20-8-9-24-25(15-20)36-11-10-35-24/h4-9,13-15,26-34H,3,10-12,16H2,1-2H3/t26-,27-,28+,29-,30+/m1/s1. The zero-order valence-corrected chi connectivity index (χ0v) is 21.1. The lowest BCUT2D eigenvalue weighted by molar-refractivity contribution is -0.231. The Kier molecular flexibility index (Phi) is 7.51. The average Bonchev–Trinajstić information content (AvgIpc) is 2.93. The van der Waals surface area contributed by atoms with Crippen LogP contribution >= 0.6 is 0 Å². The molecule has 0 saturated carbocycles. The topological polar surface area (TPSA) is 109 Å². The largest absolute Gasteiger partial charge is 0.486 e. The van der Waals surface area contributed by atoms with Gasteiger partial charge in [-0.25, -0.2) is 0 Å². The lowest BCUT2D eigenvalue weighted by Crippen LogP contribution is -2.55. The molecule has 5 rings (SSSR count). The van der Waals surface area contributed by atoms with Crippen LogP contribution in [0.2, 0.25) is 0 Å². The summed E-state index contributed by atoms with van der Waals surface area (Å²) in [7, 11) is 0. The summed E-state index contributed by atoms with van der Waals surface area (Å²) in [4.78, 5) is 0. The zero-order valence-electron chi connectivity index (χ0n) is 21.1. The molecule has 0 aromatic heterocycles. The fourth-order valence-corrected chi connectivity index (χ4v) is 5.15. The Balaban J connectivity index is 1.60. The number of aryl methyl sites for hydroxylation is 1. The van der Waals surface area contributed by atoms with Crippen LogP contribution in [0.5, 0.6) is 11.5 Å². The molecular weight excluding hydrogens is 472 g/mol. The highest BCUT2D eigenvalue weighted by molar-refractivity contribution is 5.72. The summed E-state index contributed by atoms with van der Waals surface area (Å²) in [6, 6.07) is 18.3. The molecule has 1 saturated heterocycles. The minimum absolute atomic E-state index is 0.473. The van der Waals surface area contributed by atoms with Crippen LogP contribution in [-0.2, 0) is 17.6 Å². The number of aliphatic hydroxyl groups excluding tert-OH is 4. The Morgan fingerprint density at radius 2 is 1.51 bits per heavy atom. The van der Waals surface area contributed by atoms with Crippen LogP contribution in [0.25, 0.3) is 11.1 Å². The lowest BCUT2D eigenvalue weighted by atomic mass is 9.85. The normalized spacial score (nSPS) is 25.2. The summed E-state index contributed by atoms with van der Waals surface area (Å²) in [5.74, 6) is 1.38. The van der Waals surface area contributed by atoms with Crippen LogP contribution in [0.15, 0.2) is 54.6 Å². The molecule has 2 aliphatic rings. The van der Waals surface area contributed by atoms with Gasteiger partial charge in [-0.1, -0.05) is 43.3 Å². The Hall–Kier alpha value is -2.94. The molecule has 4 N–H and O–H groups in total. The van der Waals surface area contributed by atoms with Gasteiger partial charge >= 0.3 is 0 Å². The minimum atomic E-state index is -1.44. The number of ether oxygens (including phenoxy) is 3. The van der Waals surface area contributed by atoms with Crippen LogP contribution in [-0.4, -0.2) is 64.7 Å². The third-order valence-electron chi connectivity index (χ3n) is 7.44. The van der Waals surface area contributed by atoms with Gasteiger partial charge in [0.1, 0.15) is 43.7 Å². The number of hydrogen-bond donors (Lipinski definition) is 4. The fraction of sp³-hybridized carbons (Fsp3) is 0.400. The maximum atomic E-state index is 10.8. The van der Waals surface area contributed by atoms with Gasteiger partial charge in [-0.15, -0.1) is 0 Å². The van der Waals surface area contributed by atoms with E-state index in [0.717, 1.165) is 34.2 Å². The van der Waals surface area contributed by atoms with Crippen LogP contribution in [0.1, 0.15) is 40.8 Å². The summed E-state index contributed by atoms with van der Waals surface area (Å²) in [5.41, 5.74) is 7.06. The quantitative estimate of drug-likeness (QED) is 0.407. The van der Waals surface area contributed by atoms with Crippen LogP contribution in [0.4, 0.5) is 0 Å². The number of hydrogen-bond acceptors (Lipinski definition) is 7. The number of benzene rings is 3. The molecule has 7 heteroatoms. The van der Waals surface area contributed by atoms with Crippen molar-refractivity contribution in [2.24, 2.45) is 0 Å². The van der Waals surface area contributed by atoms with Gasteiger partial charge in [0, 0.05) is 0 Å². The van der Waals surface area contributed by atoms with Crippen molar-refractivity contribution in [3.8, 4) is 22.6 Å². The molecule has 0 spiro atoms. The second-order valence-corrected chi connectivity index (χ2v) is 9.81. The molecule has 0 bridgehead atoms. The van der Waals surface area contributed by atoms with E-state index in [1.165, 1.54) is 5.56 Å². The summed E-state index contributed by atoms with van der Waals surface area (Å²) in [6.07, 6.45) is -4.47. The molecule has 1 fully saturated rings. The van der Waals surface area contributed by atoms with Gasteiger partial charge in [0.15, 0.2) is 11.5 Å². The van der Waals surface area contributed by atoms with Gasteiger partial charge in [-0.05, 0) is 76.9 Å². The van der Waals surface area contributed by atoms with Crippen molar-refractivity contribution in [2.45, 2.75) is 57.2 Å². The molecular formula is C30H34O7. The van der Waals surface area contributed by atoms with E-state index in [1.54, 1.807) is 0 Å². The van der Waals surface area contributed by atoms with Gasteiger partial charge in [0.25, 0.3) is 0 Å². The number of rotatable bonds is 6. The fourth-order valence-electron chi connectivity index (χ4n) is 5.15. The smallest absolute Gasteiger partial charge is 0.161 e. The molecule has 196 valence electrons. The van der Waals surface area contributed by atoms with Crippen LogP contribution in [0.3, 0.4) is 0 Å². The molecule has 0 amide bonds. The van der Waals surface area contributed by atoms with E-state index in [2.05, 4.69) is 38.1 Å². The molecule has 0 aliphatic carbocycles. The number of aliphatic hydroxyl groups is 4. The van der Waals surface area contributed by atoms with Gasteiger partial charge in [-0.2, -0.15) is 0 Å². The molecule has 2 aliphatic heterocycles. The SMILES string of the molecule is CCc1ccc(Cc2cc([C@@H]3O[C@H](CO)[C@@H](O)[C@H](O)[C@H]3O)cc(-c3ccc4c(c3)OCCO4)c2C)cc1. The van der Waals surface area contributed by atoms with E-state index >= 15 is 0 Å². The molecule has 7 nitrogen and oxygen atoms in total. The third-order valence-corrected chi connectivity index (χ3v) is 7.44. The maximum absolute atomic E-state index is 10.8. The van der Waals surface area contributed by atoms with E-state index in [1.807, 2.05) is 30.3 Å².